The average molecular weight is 305 g/mol. The Kier molecular flexibility index (Phi) is 3.35. The van der Waals surface area contributed by atoms with Crippen molar-refractivity contribution in [1.29, 1.82) is 0 Å². The van der Waals surface area contributed by atoms with Crippen LogP contribution in [0.25, 0.3) is 0 Å². The molecule has 0 aromatic rings. The lowest BCUT2D eigenvalue weighted by Gasteiger charge is -2.58. The maximum atomic E-state index is 9.66. The quantitative estimate of drug-likeness (QED) is 0.551. The van der Waals surface area contributed by atoms with Gasteiger partial charge in [-0.05, 0) is 54.8 Å². The van der Waals surface area contributed by atoms with Crippen molar-refractivity contribution < 1.29 is 9.94 Å². The summed E-state index contributed by atoms with van der Waals surface area (Å²) in [4.78, 5) is 0. The van der Waals surface area contributed by atoms with E-state index in [2.05, 4.69) is 39.8 Å². The molecule has 22 heavy (non-hydrogen) atoms. The van der Waals surface area contributed by atoms with E-state index in [0.717, 1.165) is 37.8 Å². The van der Waals surface area contributed by atoms with Crippen LogP contribution in [-0.2, 0) is 4.74 Å². The number of nitrogens with zero attached hydrogens (tertiary/aromatic N) is 1. The third-order valence-electron chi connectivity index (χ3n) is 5.97. The summed E-state index contributed by atoms with van der Waals surface area (Å²) in [6, 6.07) is 0. The van der Waals surface area contributed by atoms with Crippen LogP contribution < -0.4 is 0 Å². The number of hydrogen-bond acceptors (Lipinski definition) is 3. The van der Waals surface area contributed by atoms with Crippen LogP contribution in [0.1, 0.15) is 73.1 Å². The third-order valence-corrected chi connectivity index (χ3v) is 5.97. The molecule has 0 aromatic heterocycles. The normalized spacial score (nSPS) is 41.5. The van der Waals surface area contributed by atoms with Gasteiger partial charge < -0.3 is 9.94 Å². The minimum Gasteiger partial charge on any atom is -0.411 e. The lowest BCUT2D eigenvalue weighted by atomic mass is 9.49. The number of rotatable bonds is 1. The van der Waals surface area contributed by atoms with E-state index in [1.807, 2.05) is 7.11 Å². The molecule has 3 aliphatic rings. The first-order valence-electron chi connectivity index (χ1n) is 8.53. The number of methoxy groups -OCH3 is 1. The van der Waals surface area contributed by atoms with E-state index in [1.165, 1.54) is 17.6 Å². The van der Waals surface area contributed by atoms with Crippen molar-refractivity contribution in [3.05, 3.63) is 11.1 Å². The van der Waals surface area contributed by atoms with Crippen LogP contribution in [0.5, 0.6) is 0 Å². The number of allylic oxidation sites excluding steroid dienone is 1. The van der Waals surface area contributed by atoms with Crippen LogP contribution in [0.3, 0.4) is 0 Å². The van der Waals surface area contributed by atoms with Crippen molar-refractivity contribution in [1.82, 2.24) is 0 Å². The molecular weight excluding hydrogens is 274 g/mol. The zero-order valence-corrected chi connectivity index (χ0v) is 15.0. The molecule has 2 atom stereocenters. The molecule has 2 bridgehead atoms. The lowest BCUT2D eigenvalue weighted by molar-refractivity contribution is -0.0991. The fourth-order valence-corrected chi connectivity index (χ4v) is 6.16. The largest absolute Gasteiger partial charge is 0.411 e. The van der Waals surface area contributed by atoms with Gasteiger partial charge in [0.2, 0.25) is 0 Å². The predicted octanol–water partition coefficient (Wildman–Crippen LogP) is 4.94. The van der Waals surface area contributed by atoms with Crippen LogP contribution in [0.2, 0.25) is 0 Å². The van der Waals surface area contributed by atoms with Crippen molar-refractivity contribution >= 4 is 5.71 Å². The summed E-state index contributed by atoms with van der Waals surface area (Å²) < 4.78 is 6.17. The molecule has 3 heteroatoms. The molecule has 0 radical (unpaired) electrons. The van der Waals surface area contributed by atoms with Crippen LogP contribution >= 0.6 is 0 Å². The van der Waals surface area contributed by atoms with Gasteiger partial charge in [0.05, 0.1) is 11.3 Å². The highest BCUT2D eigenvalue weighted by Gasteiger charge is 2.57. The highest BCUT2D eigenvalue weighted by molar-refractivity contribution is 6.03. The maximum absolute atomic E-state index is 9.66. The van der Waals surface area contributed by atoms with Gasteiger partial charge in [0.1, 0.15) is 0 Å². The van der Waals surface area contributed by atoms with Gasteiger partial charge in [0, 0.05) is 12.7 Å². The van der Waals surface area contributed by atoms with Gasteiger partial charge in [0.15, 0.2) is 0 Å². The fraction of sp³-hybridized carbons (Fsp3) is 0.842. The zero-order chi connectivity index (χ0) is 16.4. The molecule has 124 valence electrons. The summed E-state index contributed by atoms with van der Waals surface area (Å²) in [5.41, 5.74) is 4.05. The van der Waals surface area contributed by atoms with Gasteiger partial charge in [-0.3, -0.25) is 0 Å². The SMILES string of the molecule is COC12CC(C)(C)CC(C)(CC3=C1/C(=N\O)CC(C)(C)C3)C2. The summed E-state index contributed by atoms with van der Waals surface area (Å²) in [5, 5.41) is 13.4. The highest BCUT2D eigenvalue weighted by atomic mass is 16.5. The van der Waals surface area contributed by atoms with E-state index in [0.29, 0.717) is 5.41 Å². The fourth-order valence-electron chi connectivity index (χ4n) is 6.16. The first-order chi connectivity index (χ1) is 10.0. The minimum absolute atomic E-state index is 0.173. The Hall–Kier alpha value is -0.830. The van der Waals surface area contributed by atoms with Gasteiger partial charge in [-0.1, -0.05) is 45.3 Å². The van der Waals surface area contributed by atoms with E-state index >= 15 is 0 Å². The first kappa shape index (κ1) is 16.0. The topological polar surface area (TPSA) is 41.8 Å². The summed E-state index contributed by atoms with van der Waals surface area (Å²) in [6.07, 6.45) is 6.38. The number of hydrogen-bond donors (Lipinski definition) is 1. The average Bonchev–Trinajstić information content (AvgIpc) is 2.32. The standard InChI is InChI=1S/C19H31NO2/c1-16(2)7-13-8-18(5)10-17(3,4)11-19(12-18,22-6)15(13)14(9-16)20-21/h21H,7-12H2,1-6H3/b20-14-. The molecule has 0 saturated heterocycles. The second-order valence-electron chi connectivity index (χ2n) is 9.92. The molecule has 2 unspecified atom stereocenters. The molecule has 3 aliphatic carbocycles. The van der Waals surface area contributed by atoms with Crippen molar-refractivity contribution in [2.45, 2.75) is 78.7 Å². The van der Waals surface area contributed by atoms with Gasteiger partial charge in [-0.15, -0.1) is 0 Å². The Morgan fingerprint density at radius 1 is 0.909 bits per heavy atom. The van der Waals surface area contributed by atoms with E-state index in [-0.39, 0.29) is 16.4 Å². The van der Waals surface area contributed by atoms with Crippen LogP contribution in [0.4, 0.5) is 0 Å². The van der Waals surface area contributed by atoms with Crippen LogP contribution in [0, 0.1) is 16.2 Å². The smallest absolute Gasteiger partial charge is 0.0956 e. The summed E-state index contributed by atoms with van der Waals surface area (Å²) in [7, 11) is 1.84. The maximum Gasteiger partial charge on any atom is 0.0956 e. The Labute approximate surface area is 134 Å². The monoisotopic (exact) mass is 305 g/mol. The molecule has 3 rings (SSSR count). The number of oxime groups is 1. The number of ether oxygens (including phenoxy) is 1. The van der Waals surface area contributed by atoms with Gasteiger partial charge in [-0.2, -0.15) is 0 Å². The summed E-state index contributed by atoms with van der Waals surface area (Å²) in [5.74, 6) is 0. The Morgan fingerprint density at radius 2 is 1.59 bits per heavy atom. The van der Waals surface area contributed by atoms with Crippen molar-refractivity contribution in [3.63, 3.8) is 0 Å². The molecule has 3 nitrogen and oxygen atoms in total. The first-order valence-corrected chi connectivity index (χ1v) is 8.53. The molecule has 0 amide bonds. The molecule has 0 spiro atoms. The van der Waals surface area contributed by atoms with E-state index in [1.54, 1.807) is 0 Å². The molecule has 1 saturated carbocycles. The Morgan fingerprint density at radius 3 is 2.18 bits per heavy atom. The molecular formula is C19H31NO2. The zero-order valence-electron chi connectivity index (χ0n) is 15.0. The van der Waals surface area contributed by atoms with Crippen LogP contribution in [0.15, 0.2) is 16.3 Å². The molecule has 1 fully saturated rings. The second-order valence-corrected chi connectivity index (χ2v) is 9.92. The van der Waals surface area contributed by atoms with E-state index < -0.39 is 0 Å². The van der Waals surface area contributed by atoms with Crippen molar-refractivity contribution in [3.8, 4) is 0 Å². The summed E-state index contributed by atoms with van der Waals surface area (Å²) in [6.45, 7) is 11.7. The Balaban J connectivity index is 2.19. The van der Waals surface area contributed by atoms with Crippen LogP contribution in [-0.4, -0.2) is 23.6 Å². The number of fused-ring (bicyclic) bond motifs is 3. The van der Waals surface area contributed by atoms with Crippen molar-refractivity contribution in [2.75, 3.05) is 7.11 Å². The minimum atomic E-state index is -0.262. The molecule has 0 heterocycles. The molecule has 0 aromatic carbocycles. The van der Waals surface area contributed by atoms with Gasteiger partial charge in [0.25, 0.3) is 0 Å². The van der Waals surface area contributed by atoms with Gasteiger partial charge >= 0.3 is 0 Å². The predicted molar refractivity (Wildman–Crippen MR) is 89.4 cm³/mol. The van der Waals surface area contributed by atoms with E-state index in [4.69, 9.17) is 4.74 Å². The van der Waals surface area contributed by atoms with E-state index in [9.17, 15) is 5.21 Å². The van der Waals surface area contributed by atoms with Crippen molar-refractivity contribution in [2.24, 2.45) is 21.4 Å². The highest BCUT2D eigenvalue weighted by Crippen LogP contribution is 2.62. The summed E-state index contributed by atoms with van der Waals surface area (Å²) >= 11 is 0. The molecule has 0 aliphatic heterocycles. The Bertz CT molecular complexity index is 558. The van der Waals surface area contributed by atoms with Gasteiger partial charge in [-0.25, -0.2) is 0 Å². The second kappa shape index (κ2) is 4.59. The lowest BCUT2D eigenvalue weighted by Crippen LogP contribution is -2.55. The molecule has 1 N–H and O–H groups in total. The third kappa shape index (κ3) is 2.42.